The van der Waals surface area contributed by atoms with Gasteiger partial charge in [0.05, 0.1) is 13.0 Å². The highest BCUT2D eigenvalue weighted by Gasteiger charge is 2.06. The molecule has 0 aromatic rings. The molecule has 1 aliphatic carbocycles. The summed E-state index contributed by atoms with van der Waals surface area (Å²) in [5.41, 5.74) is 8.00. The van der Waals surface area contributed by atoms with Crippen LogP contribution in [-0.2, 0) is 9.53 Å². The lowest BCUT2D eigenvalue weighted by Gasteiger charge is -2.04. The molecule has 2 N–H and O–H groups in total. The van der Waals surface area contributed by atoms with E-state index in [0.29, 0.717) is 19.6 Å². The highest BCUT2D eigenvalue weighted by Crippen LogP contribution is 2.15. The zero-order chi connectivity index (χ0) is 12.5. The lowest BCUT2D eigenvalue weighted by atomic mass is 10.1. The van der Waals surface area contributed by atoms with Crippen LogP contribution in [0.1, 0.15) is 32.6 Å². The summed E-state index contributed by atoms with van der Waals surface area (Å²) >= 11 is 0. The Morgan fingerprint density at radius 3 is 2.59 bits per heavy atom. The first-order valence-electron chi connectivity index (χ1n) is 6.12. The molecule has 0 bridgehead atoms. The van der Waals surface area contributed by atoms with E-state index < -0.39 is 0 Å². The molecule has 94 valence electrons. The second-order valence-electron chi connectivity index (χ2n) is 4.03. The van der Waals surface area contributed by atoms with E-state index in [1.165, 1.54) is 5.57 Å². The maximum Gasteiger partial charge on any atom is 0.309 e. The van der Waals surface area contributed by atoms with Gasteiger partial charge in [-0.15, -0.1) is 0 Å². The molecule has 0 aliphatic heterocycles. The van der Waals surface area contributed by atoms with Gasteiger partial charge in [-0.3, -0.25) is 4.79 Å². The Morgan fingerprint density at radius 1 is 1.29 bits per heavy atom. The van der Waals surface area contributed by atoms with Crippen LogP contribution in [-0.4, -0.2) is 19.1 Å². The first-order valence-corrected chi connectivity index (χ1v) is 6.12. The monoisotopic (exact) mass is 235 g/mol. The molecule has 0 heterocycles. The van der Waals surface area contributed by atoms with Gasteiger partial charge < -0.3 is 10.5 Å². The van der Waals surface area contributed by atoms with Crippen LogP contribution in [0.4, 0.5) is 0 Å². The number of hydrogen-bond donors (Lipinski definition) is 1. The zero-order valence-corrected chi connectivity index (χ0v) is 10.4. The van der Waals surface area contributed by atoms with Crippen LogP contribution in [0.15, 0.2) is 35.5 Å². The SMILES string of the molecule is CCOC(=O)CC1=CC/C=C(/CN)C/C=C\C1. The maximum atomic E-state index is 11.4. The third-order valence-electron chi connectivity index (χ3n) is 2.68. The average molecular weight is 235 g/mol. The van der Waals surface area contributed by atoms with Gasteiger partial charge in [0.25, 0.3) is 0 Å². The molecule has 0 aromatic carbocycles. The minimum Gasteiger partial charge on any atom is -0.466 e. The van der Waals surface area contributed by atoms with E-state index in [2.05, 4.69) is 24.3 Å². The lowest BCUT2D eigenvalue weighted by Crippen LogP contribution is -2.04. The molecule has 3 nitrogen and oxygen atoms in total. The summed E-state index contributed by atoms with van der Waals surface area (Å²) in [5.74, 6) is -0.144. The number of allylic oxidation sites excluding steroid dienone is 4. The van der Waals surface area contributed by atoms with Gasteiger partial charge in [0, 0.05) is 6.54 Å². The number of nitrogens with two attached hydrogens (primary N) is 1. The molecule has 17 heavy (non-hydrogen) atoms. The summed E-state index contributed by atoms with van der Waals surface area (Å²) in [6, 6.07) is 0. The van der Waals surface area contributed by atoms with Gasteiger partial charge in [-0.25, -0.2) is 0 Å². The van der Waals surface area contributed by atoms with Crippen molar-refractivity contribution in [1.82, 2.24) is 0 Å². The van der Waals surface area contributed by atoms with Gasteiger partial charge >= 0.3 is 5.97 Å². The number of ether oxygens (including phenoxy) is 1. The largest absolute Gasteiger partial charge is 0.466 e. The van der Waals surface area contributed by atoms with E-state index in [1.807, 2.05) is 6.92 Å². The topological polar surface area (TPSA) is 52.3 Å². The van der Waals surface area contributed by atoms with Crippen molar-refractivity contribution in [3.05, 3.63) is 35.5 Å². The molecule has 0 radical (unpaired) electrons. The van der Waals surface area contributed by atoms with Gasteiger partial charge in [0.15, 0.2) is 0 Å². The minimum atomic E-state index is -0.144. The zero-order valence-electron chi connectivity index (χ0n) is 10.4. The van der Waals surface area contributed by atoms with Crippen LogP contribution in [0.25, 0.3) is 0 Å². The quantitative estimate of drug-likeness (QED) is 0.601. The fourth-order valence-corrected chi connectivity index (χ4v) is 1.74. The third-order valence-corrected chi connectivity index (χ3v) is 2.68. The summed E-state index contributed by atoms with van der Waals surface area (Å²) < 4.78 is 4.95. The van der Waals surface area contributed by atoms with Crippen LogP contribution in [0.5, 0.6) is 0 Å². The molecular formula is C14H21NO2. The van der Waals surface area contributed by atoms with E-state index >= 15 is 0 Å². The Bertz CT molecular complexity index is 340. The van der Waals surface area contributed by atoms with Crippen molar-refractivity contribution in [3.63, 3.8) is 0 Å². The van der Waals surface area contributed by atoms with Gasteiger partial charge in [0.1, 0.15) is 0 Å². The summed E-state index contributed by atoms with van der Waals surface area (Å²) in [6.45, 7) is 2.87. The maximum absolute atomic E-state index is 11.4. The first kappa shape index (κ1) is 13.7. The fraction of sp³-hybridized carbons (Fsp3) is 0.500. The second kappa shape index (κ2) is 7.85. The number of hydrogen-bond acceptors (Lipinski definition) is 3. The van der Waals surface area contributed by atoms with Crippen LogP contribution in [0, 0.1) is 0 Å². The summed E-state index contributed by atoms with van der Waals surface area (Å²) in [7, 11) is 0. The van der Waals surface area contributed by atoms with Crippen molar-refractivity contribution in [1.29, 1.82) is 0 Å². The smallest absolute Gasteiger partial charge is 0.309 e. The average Bonchev–Trinajstić information content (AvgIpc) is 2.41. The Kier molecular flexibility index (Phi) is 6.33. The van der Waals surface area contributed by atoms with Gasteiger partial charge in [0.2, 0.25) is 0 Å². The molecule has 0 saturated carbocycles. The third kappa shape index (κ3) is 5.50. The molecule has 0 aromatic heterocycles. The van der Waals surface area contributed by atoms with Crippen molar-refractivity contribution in [3.8, 4) is 0 Å². The van der Waals surface area contributed by atoms with Gasteiger partial charge in [-0.05, 0) is 26.2 Å². The molecule has 1 rings (SSSR count). The van der Waals surface area contributed by atoms with E-state index in [9.17, 15) is 4.79 Å². The van der Waals surface area contributed by atoms with Crippen molar-refractivity contribution in [2.75, 3.05) is 13.2 Å². The summed E-state index contributed by atoms with van der Waals surface area (Å²) in [4.78, 5) is 11.4. The molecule has 0 fully saturated rings. The van der Waals surface area contributed by atoms with E-state index in [4.69, 9.17) is 10.5 Å². The molecule has 0 atom stereocenters. The molecule has 1 aliphatic rings. The van der Waals surface area contributed by atoms with Crippen LogP contribution in [0.2, 0.25) is 0 Å². The predicted octanol–water partition coefficient (Wildman–Crippen LogP) is 2.49. The number of carbonyl (C=O) groups excluding carboxylic acids is 1. The Hall–Kier alpha value is -1.35. The lowest BCUT2D eigenvalue weighted by molar-refractivity contribution is -0.142. The summed E-state index contributed by atoms with van der Waals surface area (Å²) in [6.07, 6.45) is 11.4. The first-order chi connectivity index (χ1) is 8.26. The molecule has 0 saturated heterocycles. The molecular weight excluding hydrogens is 214 g/mol. The Morgan fingerprint density at radius 2 is 1.94 bits per heavy atom. The highest BCUT2D eigenvalue weighted by molar-refractivity contribution is 5.72. The second-order valence-corrected chi connectivity index (χ2v) is 4.03. The molecule has 0 amide bonds. The van der Waals surface area contributed by atoms with Crippen molar-refractivity contribution >= 4 is 5.97 Å². The van der Waals surface area contributed by atoms with Crippen molar-refractivity contribution in [2.24, 2.45) is 5.73 Å². The van der Waals surface area contributed by atoms with Crippen LogP contribution in [0.3, 0.4) is 0 Å². The molecule has 0 unspecified atom stereocenters. The fourth-order valence-electron chi connectivity index (χ4n) is 1.74. The van der Waals surface area contributed by atoms with E-state index in [1.54, 1.807) is 0 Å². The minimum absolute atomic E-state index is 0.144. The molecule has 0 spiro atoms. The van der Waals surface area contributed by atoms with Crippen LogP contribution < -0.4 is 5.73 Å². The number of rotatable bonds is 4. The summed E-state index contributed by atoms with van der Waals surface area (Å²) in [5, 5.41) is 0. The number of esters is 1. The Labute approximate surface area is 103 Å². The van der Waals surface area contributed by atoms with Crippen molar-refractivity contribution in [2.45, 2.75) is 32.6 Å². The Balaban J connectivity index is 2.60. The molecule has 3 heteroatoms. The van der Waals surface area contributed by atoms with Crippen molar-refractivity contribution < 1.29 is 9.53 Å². The van der Waals surface area contributed by atoms with Crippen LogP contribution >= 0.6 is 0 Å². The van der Waals surface area contributed by atoms with E-state index in [-0.39, 0.29) is 5.97 Å². The van der Waals surface area contributed by atoms with Gasteiger partial charge in [-0.1, -0.05) is 35.5 Å². The highest BCUT2D eigenvalue weighted by atomic mass is 16.5. The normalized spacial score (nSPS) is 21.3. The standard InChI is InChI=1S/C14H21NO2/c1-2-17-14(16)10-12-6-3-4-7-13(11-15)9-5-8-12/h3-4,8-9H,2,5-7,10-11,15H2,1H3/b4-3-,12-8?,13-9+. The van der Waals surface area contributed by atoms with Gasteiger partial charge in [-0.2, -0.15) is 0 Å². The predicted molar refractivity (Wildman–Crippen MR) is 69.5 cm³/mol. The number of carbonyl (C=O) groups is 1. The van der Waals surface area contributed by atoms with E-state index in [0.717, 1.165) is 24.8 Å².